The summed E-state index contributed by atoms with van der Waals surface area (Å²) >= 11 is 0. The molecule has 0 saturated carbocycles. The SMILES string of the molecule is CC1CCCN(S(=O)(=O)Cc2cccc(F)c2)C1CN. The van der Waals surface area contributed by atoms with Gasteiger partial charge in [-0.15, -0.1) is 0 Å². The average molecular weight is 300 g/mol. The molecule has 1 aromatic carbocycles. The molecule has 6 heteroatoms. The molecule has 2 N–H and O–H groups in total. The van der Waals surface area contributed by atoms with Crippen molar-refractivity contribution >= 4 is 10.0 Å². The van der Waals surface area contributed by atoms with Gasteiger partial charge in [-0.25, -0.2) is 12.8 Å². The first-order chi connectivity index (χ1) is 9.44. The summed E-state index contributed by atoms with van der Waals surface area (Å²) in [5.41, 5.74) is 6.20. The molecule has 1 saturated heterocycles. The molecule has 1 heterocycles. The van der Waals surface area contributed by atoms with Crippen molar-refractivity contribution in [2.75, 3.05) is 13.1 Å². The maximum absolute atomic E-state index is 13.2. The predicted octanol–water partition coefficient (Wildman–Crippen LogP) is 1.71. The van der Waals surface area contributed by atoms with Crippen molar-refractivity contribution in [3.63, 3.8) is 0 Å². The van der Waals surface area contributed by atoms with Gasteiger partial charge in [0.1, 0.15) is 5.82 Å². The van der Waals surface area contributed by atoms with Crippen LogP contribution in [0, 0.1) is 11.7 Å². The fourth-order valence-corrected chi connectivity index (χ4v) is 4.71. The first-order valence-electron chi connectivity index (χ1n) is 6.88. The lowest BCUT2D eigenvalue weighted by Crippen LogP contribution is -2.51. The number of sulfonamides is 1. The largest absolute Gasteiger partial charge is 0.329 e. The zero-order chi connectivity index (χ0) is 14.8. The smallest absolute Gasteiger partial charge is 0.218 e. The molecule has 2 rings (SSSR count). The summed E-state index contributed by atoms with van der Waals surface area (Å²) < 4.78 is 39.7. The van der Waals surface area contributed by atoms with E-state index in [4.69, 9.17) is 5.73 Å². The third-order valence-electron chi connectivity index (χ3n) is 3.90. The second kappa shape index (κ2) is 6.20. The van der Waals surface area contributed by atoms with Crippen molar-refractivity contribution in [1.29, 1.82) is 0 Å². The molecule has 1 fully saturated rings. The summed E-state index contributed by atoms with van der Waals surface area (Å²) in [6, 6.07) is 5.58. The van der Waals surface area contributed by atoms with Crippen LogP contribution < -0.4 is 5.73 Å². The fraction of sp³-hybridized carbons (Fsp3) is 0.571. The monoisotopic (exact) mass is 300 g/mol. The minimum absolute atomic E-state index is 0.151. The number of nitrogens with zero attached hydrogens (tertiary/aromatic N) is 1. The molecule has 112 valence electrons. The Kier molecular flexibility index (Phi) is 4.78. The molecular formula is C14H21FN2O2S. The van der Waals surface area contributed by atoms with E-state index in [1.54, 1.807) is 6.07 Å². The van der Waals surface area contributed by atoms with Crippen LogP contribution in [0.2, 0.25) is 0 Å². The first kappa shape index (κ1) is 15.4. The van der Waals surface area contributed by atoms with Gasteiger partial charge in [-0.05, 0) is 36.5 Å². The van der Waals surface area contributed by atoms with Crippen LogP contribution in [0.3, 0.4) is 0 Å². The number of piperidine rings is 1. The van der Waals surface area contributed by atoms with Crippen LogP contribution in [0.15, 0.2) is 24.3 Å². The van der Waals surface area contributed by atoms with E-state index in [1.165, 1.54) is 22.5 Å². The normalized spacial score (nSPS) is 24.8. The molecule has 1 aliphatic heterocycles. The van der Waals surface area contributed by atoms with Gasteiger partial charge in [0, 0.05) is 19.1 Å². The highest BCUT2D eigenvalue weighted by atomic mass is 32.2. The Balaban J connectivity index is 2.21. The second-order valence-corrected chi connectivity index (χ2v) is 7.34. The molecule has 0 radical (unpaired) electrons. The molecule has 0 amide bonds. The molecule has 0 aromatic heterocycles. The van der Waals surface area contributed by atoms with Gasteiger partial charge in [0.2, 0.25) is 10.0 Å². The van der Waals surface area contributed by atoms with Crippen LogP contribution in [0.1, 0.15) is 25.3 Å². The summed E-state index contributed by atoms with van der Waals surface area (Å²) in [5, 5.41) is 0. The number of nitrogens with two attached hydrogens (primary N) is 1. The van der Waals surface area contributed by atoms with E-state index in [1.807, 2.05) is 6.92 Å². The van der Waals surface area contributed by atoms with Crippen molar-refractivity contribution < 1.29 is 12.8 Å². The number of hydrogen-bond donors (Lipinski definition) is 1. The number of hydrogen-bond acceptors (Lipinski definition) is 3. The molecule has 20 heavy (non-hydrogen) atoms. The standard InChI is InChI=1S/C14H21FN2O2S/c1-11-4-3-7-17(14(11)9-16)20(18,19)10-12-5-2-6-13(15)8-12/h2,5-6,8,11,14H,3-4,7,9-10,16H2,1H3. The number of benzene rings is 1. The summed E-state index contributed by atoms with van der Waals surface area (Å²) in [5.74, 6) is -0.329. The highest BCUT2D eigenvalue weighted by molar-refractivity contribution is 7.88. The molecule has 0 aliphatic carbocycles. The molecule has 2 atom stereocenters. The molecule has 1 aliphatic rings. The van der Waals surface area contributed by atoms with E-state index in [0.717, 1.165) is 12.8 Å². The molecule has 4 nitrogen and oxygen atoms in total. The highest BCUT2D eigenvalue weighted by Crippen LogP contribution is 2.26. The molecule has 1 aromatic rings. The van der Waals surface area contributed by atoms with Crippen LogP contribution in [-0.4, -0.2) is 31.9 Å². The van der Waals surface area contributed by atoms with Gasteiger partial charge in [-0.3, -0.25) is 0 Å². The maximum Gasteiger partial charge on any atom is 0.218 e. The van der Waals surface area contributed by atoms with Gasteiger partial charge >= 0.3 is 0 Å². The minimum atomic E-state index is -3.46. The third kappa shape index (κ3) is 3.37. The van der Waals surface area contributed by atoms with Crippen molar-refractivity contribution in [2.24, 2.45) is 11.7 Å². The summed E-state index contributed by atoms with van der Waals surface area (Å²) in [6.45, 7) is 2.86. The van der Waals surface area contributed by atoms with E-state index in [9.17, 15) is 12.8 Å². The van der Waals surface area contributed by atoms with Gasteiger partial charge in [0.15, 0.2) is 0 Å². The Morgan fingerprint density at radius 1 is 1.45 bits per heavy atom. The van der Waals surface area contributed by atoms with Crippen LogP contribution in [-0.2, 0) is 15.8 Å². The Bertz CT molecular complexity index is 562. The molecule has 0 bridgehead atoms. The van der Waals surface area contributed by atoms with Crippen molar-refractivity contribution in [2.45, 2.75) is 31.6 Å². The quantitative estimate of drug-likeness (QED) is 0.921. The lowest BCUT2D eigenvalue weighted by molar-refractivity contribution is 0.192. The van der Waals surface area contributed by atoms with E-state index in [-0.39, 0.29) is 17.7 Å². The first-order valence-corrected chi connectivity index (χ1v) is 8.49. The summed E-state index contributed by atoms with van der Waals surface area (Å²) in [6.07, 6.45) is 1.84. The van der Waals surface area contributed by atoms with Crippen LogP contribution >= 0.6 is 0 Å². The Morgan fingerprint density at radius 2 is 2.20 bits per heavy atom. The number of halogens is 1. The minimum Gasteiger partial charge on any atom is -0.329 e. The van der Waals surface area contributed by atoms with Gasteiger partial charge in [0.05, 0.1) is 5.75 Å². The van der Waals surface area contributed by atoms with Crippen LogP contribution in [0.5, 0.6) is 0 Å². The Hall–Kier alpha value is -0.980. The maximum atomic E-state index is 13.2. The summed E-state index contributed by atoms with van der Waals surface area (Å²) in [7, 11) is -3.46. The van der Waals surface area contributed by atoms with Crippen LogP contribution in [0.4, 0.5) is 4.39 Å². The Morgan fingerprint density at radius 3 is 2.85 bits per heavy atom. The van der Waals surface area contributed by atoms with E-state index >= 15 is 0 Å². The zero-order valence-corrected chi connectivity index (χ0v) is 12.4. The van der Waals surface area contributed by atoms with E-state index < -0.39 is 15.8 Å². The average Bonchev–Trinajstić information content (AvgIpc) is 2.38. The van der Waals surface area contributed by atoms with Gasteiger partial charge in [-0.1, -0.05) is 19.1 Å². The highest BCUT2D eigenvalue weighted by Gasteiger charge is 2.35. The van der Waals surface area contributed by atoms with E-state index in [0.29, 0.717) is 18.7 Å². The van der Waals surface area contributed by atoms with Gasteiger partial charge in [-0.2, -0.15) is 4.31 Å². The lowest BCUT2D eigenvalue weighted by atomic mass is 9.93. The van der Waals surface area contributed by atoms with Crippen molar-refractivity contribution in [3.8, 4) is 0 Å². The zero-order valence-electron chi connectivity index (χ0n) is 11.6. The van der Waals surface area contributed by atoms with Crippen LogP contribution in [0.25, 0.3) is 0 Å². The number of rotatable bonds is 4. The Labute approximate surface area is 119 Å². The van der Waals surface area contributed by atoms with Crippen molar-refractivity contribution in [3.05, 3.63) is 35.6 Å². The second-order valence-electron chi connectivity index (χ2n) is 5.42. The fourth-order valence-electron chi connectivity index (χ4n) is 2.83. The predicted molar refractivity (Wildman–Crippen MR) is 77.0 cm³/mol. The lowest BCUT2D eigenvalue weighted by Gasteiger charge is -2.38. The molecule has 2 unspecified atom stereocenters. The molecular weight excluding hydrogens is 279 g/mol. The van der Waals surface area contributed by atoms with Crippen molar-refractivity contribution in [1.82, 2.24) is 4.31 Å². The summed E-state index contributed by atoms with van der Waals surface area (Å²) in [4.78, 5) is 0. The molecule has 0 spiro atoms. The van der Waals surface area contributed by atoms with Gasteiger partial charge in [0.25, 0.3) is 0 Å². The van der Waals surface area contributed by atoms with Gasteiger partial charge < -0.3 is 5.73 Å². The third-order valence-corrected chi connectivity index (χ3v) is 5.77. The topological polar surface area (TPSA) is 63.4 Å². The van der Waals surface area contributed by atoms with E-state index in [2.05, 4.69) is 0 Å².